The number of aliphatic imine (C=N–C) groups is 1. The monoisotopic (exact) mass is 570 g/mol. The zero-order valence-corrected chi connectivity index (χ0v) is 24.9. The van der Waals surface area contributed by atoms with Crippen LogP contribution < -0.4 is 16.2 Å². The Morgan fingerprint density at radius 1 is 1.18 bits per heavy atom. The summed E-state index contributed by atoms with van der Waals surface area (Å²) in [5.41, 5.74) is 2.41. The molecule has 1 aliphatic rings. The zero-order chi connectivity index (χ0) is 27.9. The van der Waals surface area contributed by atoms with Gasteiger partial charge in [-0.2, -0.15) is 0 Å². The molecule has 2 N–H and O–H groups in total. The molecule has 1 saturated heterocycles. The van der Waals surface area contributed by atoms with Crippen molar-refractivity contribution in [2.75, 3.05) is 25.0 Å². The van der Waals surface area contributed by atoms with Gasteiger partial charge in [0.1, 0.15) is 0 Å². The Kier molecular flexibility index (Phi) is 10.3. The number of nitrogens with zero attached hydrogens (tertiary/aromatic N) is 4. The number of fused-ring (bicyclic) bond motifs is 1. The molecule has 0 radical (unpaired) electrons. The Morgan fingerprint density at radius 2 is 2.00 bits per heavy atom. The van der Waals surface area contributed by atoms with Crippen LogP contribution in [-0.4, -0.2) is 52.1 Å². The Morgan fingerprint density at radius 3 is 2.74 bits per heavy atom. The fourth-order valence-electron chi connectivity index (χ4n) is 4.90. The number of aryl methyl sites for hydroxylation is 2. The highest BCUT2D eigenvalue weighted by Crippen LogP contribution is 2.22. The van der Waals surface area contributed by atoms with Crippen molar-refractivity contribution in [1.82, 2.24) is 19.8 Å². The molecule has 2 aromatic carbocycles. The number of hydrogen-bond acceptors (Lipinski definition) is 4. The quantitative estimate of drug-likeness (QED) is 0.236. The third-order valence-corrected chi connectivity index (χ3v) is 7.72. The van der Waals surface area contributed by atoms with Gasteiger partial charge in [0.25, 0.3) is 5.56 Å². The van der Waals surface area contributed by atoms with Crippen LogP contribution >= 0.6 is 23.2 Å². The number of guanidine groups is 1. The molecule has 0 spiro atoms. The van der Waals surface area contributed by atoms with Crippen molar-refractivity contribution in [3.8, 4) is 0 Å². The van der Waals surface area contributed by atoms with Crippen molar-refractivity contribution >= 4 is 45.8 Å². The minimum Gasteiger partial charge on any atom is -0.340 e. The first-order valence-electron chi connectivity index (χ1n) is 14.0. The number of rotatable bonds is 9. The van der Waals surface area contributed by atoms with Crippen molar-refractivity contribution in [3.05, 3.63) is 68.7 Å². The topological polar surface area (TPSA) is 74.5 Å². The van der Waals surface area contributed by atoms with Gasteiger partial charge in [0.2, 0.25) is 0 Å². The lowest BCUT2D eigenvalue weighted by Gasteiger charge is -2.35. The van der Waals surface area contributed by atoms with Crippen LogP contribution in [0.4, 0.5) is 5.69 Å². The van der Waals surface area contributed by atoms with E-state index in [0.717, 1.165) is 43.3 Å². The molecule has 1 fully saturated rings. The lowest BCUT2D eigenvalue weighted by molar-refractivity contribution is 0.301. The minimum atomic E-state index is -0.0692. The van der Waals surface area contributed by atoms with Crippen LogP contribution in [0.15, 0.2) is 52.5 Å². The van der Waals surface area contributed by atoms with Gasteiger partial charge in [-0.25, -0.2) is 9.98 Å². The van der Waals surface area contributed by atoms with Crippen molar-refractivity contribution in [2.24, 2.45) is 10.9 Å². The number of hydrogen-bond donors (Lipinski definition) is 2. The fraction of sp³-hybridized carbons (Fsp3) is 0.500. The lowest BCUT2D eigenvalue weighted by atomic mass is 10.0. The van der Waals surface area contributed by atoms with E-state index in [1.807, 2.05) is 30.3 Å². The standard InChI is InChI=1S/C30H40Cl2N6O/c1-20(2)6-5-7-21(3)35-30(37-15-13-33-22(4)18-37)36-25-10-11-26-28(17-25)34-19-38(29(26)39)14-12-23-8-9-24(31)16-27(23)32/h8-11,16-17,19-22,33H,5-7,12-15,18H2,1-4H3,(H,35,36)/t21?,22-/m0/s1. The van der Waals surface area contributed by atoms with Crippen LogP contribution in [-0.2, 0) is 13.0 Å². The number of halogens is 2. The molecule has 0 bridgehead atoms. The van der Waals surface area contributed by atoms with E-state index in [4.69, 9.17) is 28.2 Å². The summed E-state index contributed by atoms with van der Waals surface area (Å²) in [7, 11) is 0. The number of nitrogens with one attached hydrogen (secondary N) is 2. The molecule has 210 valence electrons. The Hall–Kier alpha value is -2.61. The molecule has 9 heteroatoms. The second-order valence-corrected chi connectivity index (χ2v) is 11.9. The highest BCUT2D eigenvalue weighted by Gasteiger charge is 2.20. The van der Waals surface area contributed by atoms with Gasteiger partial charge in [-0.1, -0.05) is 56.0 Å². The number of piperazine rings is 1. The Labute approximate surface area is 241 Å². The molecule has 0 amide bonds. The molecule has 1 unspecified atom stereocenters. The Bertz CT molecular complexity index is 1360. The van der Waals surface area contributed by atoms with Crippen LogP contribution in [0.2, 0.25) is 10.0 Å². The van der Waals surface area contributed by atoms with Crippen LogP contribution in [0.5, 0.6) is 0 Å². The summed E-state index contributed by atoms with van der Waals surface area (Å²) in [6, 6.07) is 11.8. The van der Waals surface area contributed by atoms with E-state index < -0.39 is 0 Å². The van der Waals surface area contributed by atoms with E-state index >= 15 is 0 Å². The van der Waals surface area contributed by atoms with Gasteiger partial charge in [0.05, 0.1) is 23.3 Å². The van der Waals surface area contributed by atoms with Crippen LogP contribution in [0.25, 0.3) is 10.9 Å². The molecule has 4 rings (SSSR count). The van der Waals surface area contributed by atoms with Crippen molar-refractivity contribution in [2.45, 2.75) is 72.0 Å². The van der Waals surface area contributed by atoms with E-state index in [1.54, 1.807) is 17.0 Å². The second kappa shape index (κ2) is 13.6. The van der Waals surface area contributed by atoms with Gasteiger partial charge >= 0.3 is 0 Å². The first-order valence-corrected chi connectivity index (χ1v) is 14.7. The van der Waals surface area contributed by atoms with Crippen molar-refractivity contribution in [1.29, 1.82) is 0 Å². The molecule has 1 aliphatic heterocycles. The molecule has 3 aromatic rings. The van der Waals surface area contributed by atoms with E-state index in [1.165, 1.54) is 12.8 Å². The molecule has 39 heavy (non-hydrogen) atoms. The second-order valence-electron chi connectivity index (χ2n) is 11.0. The number of aromatic nitrogens is 2. The summed E-state index contributed by atoms with van der Waals surface area (Å²) in [6.07, 6.45) is 5.67. The Balaban J connectivity index is 1.52. The van der Waals surface area contributed by atoms with Gasteiger partial charge < -0.3 is 15.5 Å². The highest BCUT2D eigenvalue weighted by molar-refractivity contribution is 6.35. The van der Waals surface area contributed by atoms with Crippen molar-refractivity contribution in [3.63, 3.8) is 0 Å². The molecule has 2 atom stereocenters. The lowest BCUT2D eigenvalue weighted by Crippen LogP contribution is -2.53. The number of anilines is 1. The summed E-state index contributed by atoms with van der Waals surface area (Å²) in [6.45, 7) is 12.1. The van der Waals surface area contributed by atoms with Gasteiger partial charge in [-0.3, -0.25) is 9.36 Å². The first kappa shape index (κ1) is 29.4. The average Bonchev–Trinajstić information content (AvgIpc) is 2.88. The van der Waals surface area contributed by atoms with Gasteiger partial charge in [-0.05, 0) is 68.5 Å². The molecule has 7 nitrogen and oxygen atoms in total. The molecule has 1 aromatic heterocycles. The van der Waals surface area contributed by atoms with E-state index in [9.17, 15) is 4.79 Å². The predicted molar refractivity (Wildman–Crippen MR) is 164 cm³/mol. The van der Waals surface area contributed by atoms with E-state index in [0.29, 0.717) is 45.9 Å². The third-order valence-electron chi connectivity index (χ3n) is 7.13. The maximum absolute atomic E-state index is 13.2. The van der Waals surface area contributed by atoms with Crippen LogP contribution in [0.1, 0.15) is 52.5 Å². The van der Waals surface area contributed by atoms with E-state index in [-0.39, 0.29) is 11.6 Å². The summed E-state index contributed by atoms with van der Waals surface area (Å²) >= 11 is 12.3. The maximum atomic E-state index is 13.2. The molecule has 0 saturated carbocycles. The number of benzene rings is 2. The molecular formula is C30H40Cl2N6O. The average molecular weight is 572 g/mol. The van der Waals surface area contributed by atoms with Gasteiger partial charge in [0.15, 0.2) is 5.96 Å². The zero-order valence-electron chi connectivity index (χ0n) is 23.4. The van der Waals surface area contributed by atoms with Gasteiger partial charge in [-0.15, -0.1) is 0 Å². The van der Waals surface area contributed by atoms with Crippen LogP contribution in [0.3, 0.4) is 0 Å². The molecule has 2 heterocycles. The predicted octanol–water partition coefficient (Wildman–Crippen LogP) is 6.22. The first-order chi connectivity index (χ1) is 18.7. The SMILES string of the molecule is CC(C)CCCC(C)N=C(Nc1ccc2c(=O)n(CCc3ccc(Cl)cc3Cl)cnc2c1)N1CCN[C@@H](C)C1. The van der Waals surface area contributed by atoms with Crippen LogP contribution in [0, 0.1) is 5.92 Å². The summed E-state index contributed by atoms with van der Waals surface area (Å²) in [5.74, 6) is 1.59. The summed E-state index contributed by atoms with van der Waals surface area (Å²) < 4.78 is 1.63. The molecular weight excluding hydrogens is 531 g/mol. The summed E-state index contributed by atoms with van der Waals surface area (Å²) in [4.78, 5) is 25.2. The third kappa shape index (κ3) is 8.19. The molecule has 0 aliphatic carbocycles. The highest BCUT2D eigenvalue weighted by atomic mass is 35.5. The normalized spacial score (nSPS) is 17.2. The largest absolute Gasteiger partial charge is 0.340 e. The maximum Gasteiger partial charge on any atom is 0.261 e. The minimum absolute atomic E-state index is 0.0692. The van der Waals surface area contributed by atoms with Gasteiger partial charge in [0, 0.05) is 48.0 Å². The smallest absolute Gasteiger partial charge is 0.261 e. The van der Waals surface area contributed by atoms with Crippen molar-refractivity contribution < 1.29 is 0 Å². The fourth-order valence-corrected chi connectivity index (χ4v) is 5.41. The summed E-state index contributed by atoms with van der Waals surface area (Å²) in [5, 5.41) is 8.85. The van der Waals surface area contributed by atoms with E-state index in [2.05, 4.69) is 48.2 Å².